The fraction of sp³-hybridized carbons (Fsp3) is 0.625. The van der Waals surface area contributed by atoms with Crippen LogP contribution in [0.4, 0.5) is 0 Å². The van der Waals surface area contributed by atoms with Crippen molar-refractivity contribution in [2.24, 2.45) is 17.3 Å². The van der Waals surface area contributed by atoms with Crippen LogP contribution >= 0.6 is 0 Å². The van der Waals surface area contributed by atoms with Gasteiger partial charge in [-0.25, -0.2) is 0 Å². The molecule has 2 heterocycles. The number of hydrogen-bond donors (Lipinski definition) is 2. The minimum Gasteiger partial charge on any atom is -0.504 e. The van der Waals surface area contributed by atoms with Crippen LogP contribution in [0.25, 0.3) is 0 Å². The number of allylic oxidation sites excluding steroid dienone is 3. The molecule has 0 bridgehead atoms. The third-order valence-corrected chi connectivity index (χ3v) is 7.23. The summed E-state index contributed by atoms with van der Waals surface area (Å²) in [6.07, 6.45) is 12.5. The zero-order valence-electron chi connectivity index (χ0n) is 17.6. The number of ether oxygens (including phenoxy) is 2. The predicted octanol–water partition coefficient (Wildman–Crippen LogP) is 3.80. The van der Waals surface area contributed by atoms with E-state index in [1.54, 1.807) is 6.08 Å². The highest BCUT2D eigenvalue weighted by molar-refractivity contribution is 6.03. The predicted molar refractivity (Wildman–Crippen MR) is 110 cm³/mol. The molecular formula is C24H32O5. The van der Waals surface area contributed by atoms with E-state index in [-0.39, 0.29) is 47.6 Å². The summed E-state index contributed by atoms with van der Waals surface area (Å²) in [6.45, 7) is 6.85. The largest absolute Gasteiger partial charge is 0.504 e. The van der Waals surface area contributed by atoms with Crippen molar-refractivity contribution in [1.29, 1.82) is 0 Å². The maximum atomic E-state index is 12.2. The van der Waals surface area contributed by atoms with Gasteiger partial charge in [-0.15, -0.1) is 0 Å². The first-order valence-corrected chi connectivity index (χ1v) is 10.6. The maximum Gasteiger partial charge on any atom is 0.219 e. The van der Waals surface area contributed by atoms with Gasteiger partial charge in [-0.3, -0.25) is 4.79 Å². The lowest BCUT2D eigenvalue weighted by Crippen LogP contribution is -2.55. The third-order valence-electron chi connectivity index (χ3n) is 7.23. The van der Waals surface area contributed by atoms with E-state index in [4.69, 9.17) is 9.47 Å². The Bertz CT molecular complexity index is 806. The number of fused-ring (bicyclic) bond motifs is 2. The zero-order valence-corrected chi connectivity index (χ0v) is 17.6. The normalized spacial score (nSPS) is 43.7. The van der Waals surface area contributed by atoms with Crippen LogP contribution < -0.4 is 0 Å². The molecule has 5 heteroatoms. The number of aliphatic hydroxyl groups excluding tert-OH is 2. The summed E-state index contributed by atoms with van der Waals surface area (Å²) in [4.78, 5) is 12.2. The molecule has 0 radical (unpaired) electrons. The van der Waals surface area contributed by atoms with Crippen LogP contribution in [0.15, 0.2) is 47.3 Å². The fourth-order valence-electron chi connectivity index (χ4n) is 5.27. The summed E-state index contributed by atoms with van der Waals surface area (Å²) >= 11 is 0. The van der Waals surface area contributed by atoms with Crippen LogP contribution in [0, 0.1) is 17.3 Å². The Morgan fingerprint density at radius 2 is 2.07 bits per heavy atom. The topological polar surface area (TPSA) is 76.0 Å². The van der Waals surface area contributed by atoms with Gasteiger partial charge in [0.15, 0.2) is 5.76 Å². The molecule has 2 saturated heterocycles. The Hall–Kier alpha value is -1.69. The minimum absolute atomic E-state index is 0.0252. The van der Waals surface area contributed by atoms with Gasteiger partial charge >= 0.3 is 0 Å². The van der Waals surface area contributed by atoms with Gasteiger partial charge in [-0.2, -0.15) is 0 Å². The monoisotopic (exact) mass is 400 g/mol. The highest BCUT2D eigenvalue weighted by Gasteiger charge is 2.55. The number of ketones is 1. The van der Waals surface area contributed by atoms with Crippen molar-refractivity contribution < 1.29 is 24.5 Å². The number of aliphatic hydroxyl groups is 2. The summed E-state index contributed by atoms with van der Waals surface area (Å²) in [7, 11) is 0. The summed E-state index contributed by atoms with van der Waals surface area (Å²) in [5, 5.41) is 20.1. The first-order valence-electron chi connectivity index (χ1n) is 10.6. The fourth-order valence-corrected chi connectivity index (χ4v) is 5.27. The van der Waals surface area contributed by atoms with E-state index >= 15 is 0 Å². The van der Waals surface area contributed by atoms with E-state index in [0.717, 1.165) is 24.8 Å². The van der Waals surface area contributed by atoms with Crippen LogP contribution in [0.2, 0.25) is 0 Å². The van der Waals surface area contributed by atoms with Gasteiger partial charge in [-0.05, 0) is 57.3 Å². The first kappa shape index (κ1) is 20.6. The molecule has 0 aromatic rings. The van der Waals surface area contributed by atoms with Gasteiger partial charge < -0.3 is 19.7 Å². The highest BCUT2D eigenvalue weighted by Crippen LogP contribution is 2.50. The van der Waals surface area contributed by atoms with E-state index in [0.29, 0.717) is 13.0 Å². The molecule has 2 aliphatic carbocycles. The van der Waals surface area contributed by atoms with Gasteiger partial charge in [0.05, 0.1) is 31.0 Å². The second-order valence-corrected chi connectivity index (χ2v) is 9.65. The molecule has 5 nitrogen and oxygen atoms in total. The lowest BCUT2D eigenvalue weighted by atomic mass is 9.70. The van der Waals surface area contributed by atoms with Crippen molar-refractivity contribution in [2.45, 2.75) is 64.3 Å². The van der Waals surface area contributed by atoms with Crippen LogP contribution in [0.1, 0.15) is 46.5 Å². The quantitative estimate of drug-likeness (QED) is 0.655. The molecule has 29 heavy (non-hydrogen) atoms. The standard InChI is InChI=1S/C24H32O5/c1-15-5-6-17-22-21-16(13-28-22)11-18(26)19(27)12-20(21)29-24(17,3)9-4-8-23(2,14-25)10-7-15/h4,7-8,11-12,17,20-22,25,27H,5-6,9-10,13-14H2,1-3H3/b8-4+,15-7?/t17-,20?,21?,22-,23-,24+/m0/s1. The molecule has 2 unspecified atom stereocenters. The molecule has 2 fully saturated rings. The van der Waals surface area contributed by atoms with Crippen molar-refractivity contribution in [3.05, 3.63) is 47.3 Å². The third kappa shape index (κ3) is 3.76. The molecule has 0 amide bonds. The van der Waals surface area contributed by atoms with Gasteiger partial charge in [0, 0.05) is 17.3 Å². The molecule has 0 aromatic heterocycles. The highest BCUT2D eigenvalue weighted by atomic mass is 16.5. The molecule has 2 N–H and O–H groups in total. The number of carbonyl (C=O) groups excluding carboxylic acids is 1. The Kier molecular flexibility index (Phi) is 5.34. The van der Waals surface area contributed by atoms with Crippen molar-refractivity contribution in [3.63, 3.8) is 0 Å². The van der Waals surface area contributed by atoms with Crippen LogP contribution in [-0.4, -0.2) is 47.0 Å². The van der Waals surface area contributed by atoms with E-state index in [2.05, 4.69) is 39.0 Å². The number of carbonyl (C=O) groups is 1. The van der Waals surface area contributed by atoms with E-state index < -0.39 is 5.60 Å². The molecule has 6 atom stereocenters. The molecule has 0 aromatic carbocycles. The zero-order chi connectivity index (χ0) is 20.8. The van der Waals surface area contributed by atoms with Crippen molar-refractivity contribution >= 4 is 5.78 Å². The van der Waals surface area contributed by atoms with E-state index in [9.17, 15) is 15.0 Å². The SMILES string of the molecule is CC1=CC[C@@](C)(CO)/C=C/C[C@@]2(C)OC3C=C(O)C(=O)C=C4CO[C@H](C43)[C@@H]2CC1. The average molecular weight is 401 g/mol. The summed E-state index contributed by atoms with van der Waals surface area (Å²) in [5.74, 6) is -0.462. The first-order chi connectivity index (χ1) is 13.7. The van der Waals surface area contributed by atoms with Gasteiger partial charge in [0.25, 0.3) is 0 Å². The Balaban J connectivity index is 1.72. The summed E-state index contributed by atoms with van der Waals surface area (Å²) in [5.41, 5.74) is 1.47. The summed E-state index contributed by atoms with van der Waals surface area (Å²) in [6, 6.07) is 0. The molecule has 0 saturated carbocycles. The molecule has 158 valence electrons. The van der Waals surface area contributed by atoms with Gasteiger partial charge in [-0.1, -0.05) is 30.7 Å². The molecule has 2 aliphatic heterocycles. The summed E-state index contributed by atoms with van der Waals surface area (Å²) < 4.78 is 12.9. The van der Waals surface area contributed by atoms with Gasteiger partial charge in [0.2, 0.25) is 5.78 Å². The van der Waals surface area contributed by atoms with Crippen LogP contribution in [0.3, 0.4) is 0 Å². The van der Waals surface area contributed by atoms with Crippen molar-refractivity contribution in [2.75, 3.05) is 13.2 Å². The molecule has 4 rings (SSSR count). The lowest BCUT2D eigenvalue weighted by molar-refractivity contribution is -0.195. The van der Waals surface area contributed by atoms with Crippen LogP contribution in [0.5, 0.6) is 0 Å². The Labute approximate surface area is 172 Å². The average Bonchev–Trinajstić information content (AvgIpc) is 3.03. The molecular weight excluding hydrogens is 368 g/mol. The smallest absolute Gasteiger partial charge is 0.219 e. The second kappa shape index (κ2) is 7.53. The Morgan fingerprint density at radius 3 is 2.83 bits per heavy atom. The maximum absolute atomic E-state index is 12.2. The van der Waals surface area contributed by atoms with E-state index in [1.807, 2.05) is 0 Å². The number of rotatable bonds is 1. The minimum atomic E-state index is -0.483. The van der Waals surface area contributed by atoms with Crippen LogP contribution in [-0.2, 0) is 14.3 Å². The van der Waals surface area contributed by atoms with Crippen molar-refractivity contribution in [1.82, 2.24) is 0 Å². The second-order valence-electron chi connectivity index (χ2n) is 9.65. The molecule has 0 spiro atoms. The number of hydrogen-bond acceptors (Lipinski definition) is 5. The van der Waals surface area contributed by atoms with E-state index in [1.165, 1.54) is 11.6 Å². The van der Waals surface area contributed by atoms with Gasteiger partial charge in [0.1, 0.15) is 0 Å². The lowest BCUT2D eigenvalue weighted by Gasteiger charge is -2.49. The van der Waals surface area contributed by atoms with Crippen molar-refractivity contribution in [3.8, 4) is 0 Å². The Morgan fingerprint density at radius 1 is 1.28 bits per heavy atom. The molecule has 4 aliphatic rings.